The van der Waals surface area contributed by atoms with Crippen molar-refractivity contribution in [1.29, 1.82) is 0 Å². The molecule has 0 atom stereocenters. The van der Waals surface area contributed by atoms with Gasteiger partial charge in [0.1, 0.15) is 5.75 Å². The second-order valence-corrected chi connectivity index (χ2v) is 7.39. The number of ether oxygens (including phenoxy) is 1. The van der Waals surface area contributed by atoms with Crippen molar-refractivity contribution in [2.24, 2.45) is 0 Å². The number of para-hydroxylation sites is 2. The molecule has 4 nitrogen and oxygen atoms in total. The Kier molecular flexibility index (Phi) is 6.07. The Labute approximate surface area is 150 Å². The zero-order chi connectivity index (χ0) is 18.4. The molecule has 0 spiro atoms. The van der Waals surface area contributed by atoms with E-state index in [0.717, 1.165) is 5.69 Å². The Morgan fingerprint density at radius 1 is 1.04 bits per heavy atom. The largest absolute Gasteiger partial charge is 0.489 e. The standard InChI is InChI=1S/C21H28N2O2/c1-15(2)25-19-9-7-6-8-18(19)23-20(24)14-22-17-12-10-16(11-13-17)21(3,4)5/h6-13,15,22H,14H2,1-5H3,(H,23,24). The molecule has 0 heterocycles. The lowest BCUT2D eigenvalue weighted by Crippen LogP contribution is -2.22. The van der Waals surface area contributed by atoms with Gasteiger partial charge in [-0.2, -0.15) is 0 Å². The number of carbonyl (C=O) groups is 1. The maximum Gasteiger partial charge on any atom is 0.243 e. The third-order valence-corrected chi connectivity index (χ3v) is 3.73. The van der Waals surface area contributed by atoms with Gasteiger partial charge < -0.3 is 15.4 Å². The van der Waals surface area contributed by atoms with Crippen LogP contribution in [-0.2, 0) is 10.2 Å². The summed E-state index contributed by atoms with van der Waals surface area (Å²) in [6, 6.07) is 15.7. The SMILES string of the molecule is CC(C)Oc1ccccc1NC(=O)CNc1ccc(C(C)(C)C)cc1. The molecule has 2 aromatic carbocycles. The molecule has 2 N–H and O–H groups in total. The van der Waals surface area contributed by atoms with Gasteiger partial charge in [0.15, 0.2) is 0 Å². The number of amides is 1. The molecule has 2 rings (SSSR count). The highest BCUT2D eigenvalue weighted by Crippen LogP contribution is 2.25. The van der Waals surface area contributed by atoms with Crippen LogP contribution >= 0.6 is 0 Å². The first-order valence-corrected chi connectivity index (χ1v) is 8.65. The van der Waals surface area contributed by atoms with Crippen LogP contribution in [-0.4, -0.2) is 18.6 Å². The van der Waals surface area contributed by atoms with E-state index in [0.29, 0.717) is 11.4 Å². The van der Waals surface area contributed by atoms with Gasteiger partial charge in [-0.3, -0.25) is 4.79 Å². The third kappa shape index (κ3) is 5.82. The first-order valence-electron chi connectivity index (χ1n) is 8.65. The second-order valence-electron chi connectivity index (χ2n) is 7.39. The van der Waals surface area contributed by atoms with Crippen LogP contribution in [0.5, 0.6) is 5.75 Å². The Bertz CT molecular complexity index is 701. The van der Waals surface area contributed by atoms with Crippen molar-refractivity contribution in [3.63, 3.8) is 0 Å². The van der Waals surface area contributed by atoms with E-state index in [2.05, 4.69) is 43.5 Å². The minimum Gasteiger partial charge on any atom is -0.489 e. The van der Waals surface area contributed by atoms with Crippen LogP contribution in [0.15, 0.2) is 48.5 Å². The molecule has 0 bridgehead atoms. The van der Waals surface area contributed by atoms with E-state index in [1.807, 2.05) is 50.2 Å². The average Bonchev–Trinajstić information content (AvgIpc) is 2.54. The van der Waals surface area contributed by atoms with E-state index in [4.69, 9.17) is 4.74 Å². The molecule has 0 unspecified atom stereocenters. The second kappa shape index (κ2) is 8.06. The molecule has 2 aromatic rings. The summed E-state index contributed by atoms with van der Waals surface area (Å²) in [7, 11) is 0. The lowest BCUT2D eigenvalue weighted by Gasteiger charge is -2.19. The van der Waals surface area contributed by atoms with Gasteiger partial charge in [-0.25, -0.2) is 0 Å². The lowest BCUT2D eigenvalue weighted by atomic mass is 9.87. The van der Waals surface area contributed by atoms with Crippen molar-refractivity contribution in [1.82, 2.24) is 0 Å². The van der Waals surface area contributed by atoms with Crippen LogP contribution in [0.2, 0.25) is 0 Å². The van der Waals surface area contributed by atoms with Crippen molar-refractivity contribution in [2.75, 3.05) is 17.2 Å². The summed E-state index contributed by atoms with van der Waals surface area (Å²) in [6.45, 7) is 10.7. The Morgan fingerprint density at radius 3 is 2.28 bits per heavy atom. The molecule has 0 saturated heterocycles. The van der Waals surface area contributed by atoms with Crippen molar-refractivity contribution >= 4 is 17.3 Å². The number of hydrogen-bond donors (Lipinski definition) is 2. The Morgan fingerprint density at radius 2 is 1.68 bits per heavy atom. The number of nitrogens with one attached hydrogen (secondary N) is 2. The van der Waals surface area contributed by atoms with E-state index in [1.54, 1.807) is 0 Å². The highest BCUT2D eigenvalue weighted by molar-refractivity contribution is 5.95. The zero-order valence-electron chi connectivity index (χ0n) is 15.7. The van der Waals surface area contributed by atoms with E-state index >= 15 is 0 Å². The summed E-state index contributed by atoms with van der Waals surface area (Å²) in [5.74, 6) is 0.570. The fourth-order valence-corrected chi connectivity index (χ4v) is 2.39. The molecule has 0 aliphatic carbocycles. The fraction of sp³-hybridized carbons (Fsp3) is 0.381. The molecule has 0 aliphatic rings. The van der Waals surface area contributed by atoms with Gasteiger partial charge in [0, 0.05) is 5.69 Å². The van der Waals surface area contributed by atoms with E-state index in [9.17, 15) is 4.79 Å². The molecular formula is C21H28N2O2. The molecule has 0 aliphatic heterocycles. The van der Waals surface area contributed by atoms with E-state index < -0.39 is 0 Å². The maximum absolute atomic E-state index is 12.2. The molecule has 0 aromatic heterocycles. The Balaban J connectivity index is 1.93. The van der Waals surface area contributed by atoms with Crippen LogP contribution in [0.3, 0.4) is 0 Å². The van der Waals surface area contributed by atoms with E-state index in [-0.39, 0.29) is 24.0 Å². The molecule has 4 heteroatoms. The van der Waals surface area contributed by atoms with Gasteiger partial charge >= 0.3 is 0 Å². The number of hydrogen-bond acceptors (Lipinski definition) is 3. The highest BCUT2D eigenvalue weighted by atomic mass is 16.5. The minimum absolute atomic E-state index is 0.0532. The third-order valence-electron chi connectivity index (χ3n) is 3.73. The normalized spacial score (nSPS) is 11.3. The van der Waals surface area contributed by atoms with Crippen molar-refractivity contribution in [3.05, 3.63) is 54.1 Å². The zero-order valence-corrected chi connectivity index (χ0v) is 15.7. The van der Waals surface area contributed by atoms with Crippen LogP contribution in [0.25, 0.3) is 0 Å². The number of carbonyl (C=O) groups excluding carboxylic acids is 1. The van der Waals surface area contributed by atoms with Crippen molar-refractivity contribution < 1.29 is 9.53 Å². The number of rotatable bonds is 6. The van der Waals surface area contributed by atoms with Gasteiger partial charge in [0.05, 0.1) is 18.3 Å². The average molecular weight is 340 g/mol. The van der Waals surface area contributed by atoms with Crippen LogP contribution in [0.1, 0.15) is 40.2 Å². The van der Waals surface area contributed by atoms with Gasteiger partial charge in [-0.1, -0.05) is 45.0 Å². The Hall–Kier alpha value is -2.49. The molecule has 0 fully saturated rings. The quantitative estimate of drug-likeness (QED) is 0.792. The topological polar surface area (TPSA) is 50.4 Å². The summed E-state index contributed by atoms with van der Waals surface area (Å²) in [4.78, 5) is 12.2. The molecular weight excluding hydrogens is 312 g/mol. The van der Waals surface area contributed by atoms with E-state index in [1.165, 1.54) is 5.56 Å². The first-order chi connectivity index (χ1) is 11.8. The summed E-state index contributed by atoms with van der Waals surface area (Å²) < 4.78 is 5.72. The number of anilines is 2. The lowest BCUT2D eigenvalue weighted by molar-refractivity contribution is -0.114. The number of benzene rings is 2. The molecule has 134 valence electrons. The van der Waals surface area contributed by atoms with Gasteiger partial charge in [0.2, 0.25) is 5.91 Å². The monoisotopic (exact) mass is 340 g/mol. The van der Waals surface area contributed by atoms with Gasteiger partial charge in [-0.15, -0.1) is 0 Å². The van der Waals surface area contributed by atoms with Gasteiger partial charge in [0.25, 0.3) is 0 Å². The van der Waals surface area contributed by atoms with Crippen molar-refractivity contribution in [3.8, 4) is 5.75 Å². The first kappa shape index (κ1) is 18.8. The molecule has 25 heavy (non-hydrogen) atoms. The van der Waals surface area contributed by atoms with Crippen LogP contribution in [0, 0.1) is 0 Å². The molecule has 0 radical (unpaired) electrons. The van der Waals surface area contributed by atoms with Crippen LogP contribution in [0.4, 0.5) is 11.4 Å². The summed E-state index contributed by atoms with van der Waals surface area (Å²) in [5, 5.41) is 6.05. The minimum atomic E-state index is -0.111. The summed E-state index contributed by atoms with van der Waals surface area (Å²) in [5.41, 5.74) is 3.00. The smallest absolute Gasteiger partial charge is 0.243 e. The molecule has 0 saturated carbocycles. The van der Waals surface area contributed by atoms with Crippen LogP contribution < -0.4 is 15.4 Å². The summed E-state index contributed by atoms with van der Waals surface area (Å²) >= 11 is 0. The highest BCUT2D eigenvalue weighted by Gasteiger charge is 2.13. The van der Waals surface area contributed by atoms with Gasteiger partial charge in [-0.05, 0) is 49.1 Å². The predicted molar refractivity (Wildman–Crippen MR) is 104 cm³/mol. The fourth-order valence-electron chi connectivity index (χ4n) is 2.39. The predicted octanol–water partition coefficient (Wildman–Crippen LogP) is 4.82. The maximum atomic E-state index is 12.2. The van der Waals surface area contributed by atoms with Crippen molar-refractivity contribution in [2.45, 2.75) is 46.1 Å². The summed E-state index contributed by atoms with van der Waals surface area (Å²) in [6.07, 6.45) is 0.0532. The molecule has 1 amide bonds.